The predicted molar refractivity (Wildman–Crippen MR) is 70.3 cm³/mol. The Hall–Kier alpha value is -1.59. The van der Waals surface area contributed by atoms with Gasteiger partial charge in [-0.05, 0) is 31.9 Å². The van der Waals surface area contributed by atoms with Gasteiger partial charge in [-0.1, -0.05) is 11.6 Å². The second kappa shape index (κ2) is 5.84. The fraction of sp³-hybridized carbons (Fsp3) is 0.462. The van der Waals surface area contributed by atoms with Gasteiger partial charge in [-0.2, -0.15) is 0 Å². The van der Waals surface area contributed by atoms with Crippen LogP contribution in [0.25, 0.3) is 0 Å². The van der Waals surface area contributed by atoms with Gasteiger partial charge in [-0.15, -0.1) is 0 Å². The molecular weight excluding hydrogens is 230 g/mol. The van der Waals surface area contributed by atoms with Gasteiger partial charge < -0.3 is 15.5 Å². The van der Waals surface area contributed by atoms with Crippen LogP contribution < -0.4 is 16.6 Å². The van der Waals surface area contributed by atoms with Crippen molar-refractivity contribution < 1.29 is 9.53 Å². The van der Waals surface area contributed by atoms with Crippen molar-refractivity contribution in [3.8, 4) is 0 Å². The summed E-state index contributed by atoms with van der Waals surface area (Å²) >= 11 is 0. The number of carbonyl (C=O) groups is 1. The van der Waals surface area contributed by atoms with Gasteiger partial charge in [-0.25, -0.2) is 0 Å². The molecule has 1 fully saturated rings. The lowest BCUT2D eigenvalue weighted by molar-refractivity contribution is 0.0858. The second-order valence-electron chi connectivity index (χ2n) is 4.54. The van der Waals surface area contributed by atoms with Crippen LogP contribution in [0.15, 0.2) is 18.2 Å². The molecule has 0 bridgehead atoms. The summed E-state index contributed by atoms with van der Waals surface area (Å²) < 4.78 is 5.46. The van der Waals surface area contributed by atoms with Gasteiger partial charge in [-0.3, -0.25) is 10.6 Å². The van der Waals surface area contributed by atoms with Gasteiger partial charge in [0.05, 0.1) is 17.4 Å². The van der Waals surface area contributed by atoms with E-state index in [1.165, 1.54) is 0 Å². The van der Waals surface area contributed by atoms with Crippen LogP contribution >= 0.6 is 0 Å². The van der Waals surface area contributed by atoms with Crippen LogP contribution in [0.3, 0.4) is 0 Å². The largest absolute Gasteiger partial charge is 0.376 e. The third-order valence-electron chi connectivity index (χ3n) is 3.09. The average Bonchev–Trinajstić information content (AvgIpc) is 2.89. The molecule has 0 radical (unpaired) electrons. The first-order chi connectivity index (χ1) is 8.70. The first-order valence-electron chi connectivity index (χ1n) is 6.18. The number of hydrazine groups is 1. The van der Waals surface area contributed by atoms with Crippen LogP contribution in [-0.4, -0.2) is 25.2 Å². The Labute approximate surface area is 107 Å². The van der Waals surface area contributed by atoms with E-state index < -0.39 is 0 Å². The lowest BCUT2D eigenvalue weighted by Gasteiger charge is -2.13. The highest BCUT2D eigenvalue weighted by Crippen LogP contribution is 2.16. The lowest BCUT2D eigenvalue weighted by Crippen LogP contribution is -2.32. The van der Waals surface area contributed by atoms with Crippen LogP contribution in [0.5, 0.6) is 0 Å². The quantitative estimate of drug-likeness (QED) is 0.553. The minimum Gasteiger partial charge on any atom is -0.376 e. The van der Waals surface area contributed by atoms with Gasteiger partial charge in [0.2, 0.25) is 0 Å². The van der Waals surface area contributed by atoms with Gasteiger partial charge in [0.15, 0.2) is 0 Å². The number of carbonyl (C=O) groups excluding carboxylic acids is 1. The Kier molecular flexibility index (Phi) is 4.17. The molecule has 4 N–H and O–H groups in total. The lowest BCUT2D eigenvalue weighted by atomic mass is 10.1. The predicted octanol–water partition coefficient (Wildman–Crippen LogP) is 1.19. The van der Waals surface area contributed by atoms with Gasteiger partial charge in [0, 0.05) is 13.2 Å². The number of ether oxygens (including phenoxy) is 1. The Morgan fingerprint density at radius 1 is 1.56 bits per heavy atom. The maximum Gasteiger partial charge on any atom is 0.253 e. The highest BCUT2D eigenvalue weighted by molar-refractivity contribution is 5.99. The smallest absolute Gasteiger partial charge is 0.253 e. The zero-order valence-electron chi connectivity index (χ0n) is 10.5. The van der Waals surface area contributed by atoms with Crippen molar-refractivity contribution in [2.45, 2.75) is 25.9 Å². The molecule has 18 heavy (non-hydrogen) atoms. The number of hydrogen-bond donors (Lipinski definition) is 3. The van der Waals surface area contributed by atoms with Crippen LogP contribution in [0.1, 0.15) is 28.8 Å². The third kappa shape index (κ3) is 3.00. The van der Waals surface area contributed by atoms with E-state index in [9.17, 15) is 4.79 Å². The zero-order valence-corrected chi connectivity index (χ0v) is 10.5. The number of nitrogens with one attached hydrogen (secondary N) is 2. The number of rotatable bonds is 4. The molecule has 1 unspecified atom stereocenters. The van der Waals surface area contributed by atoms with Gasteiger partial charge in [0.1, 0.15) is 0 Å². The second-order valence-corrected chi connectivity index (χ2v) is 4.54. The fourth-order valence-electron chi connectivity index (χ4n) is 2.08. The first-order valence-corrected chi connectivity index (χ1v) is 6.18. The molecule has 1 aliphatic heterocycles. The molecule has 1 atom stereocenters. The summed E-state index contributed by atoms with van der Waals surface area (Å²) in [6, 6.07) is 5.53. The molecule has 0 saturated carbocycles. The van der Waals surface area contributed by atoms with Crippen molar-refractivity contribution >= 4 is 11.6 Å². The molecule has 2 rings (SSSR count). The Balaban J connectivity index is 2.00. The number of hydrogen-bond acceptors (Lipinski definition) is 4. The molecule has 1 amide bonds. The van der Waals surface area contributed by atoms with E-state index in [0.717, 1.165) is 25.0 Å². The summed E-state index contributed by atoms with van der Waals surface area (Å²) in [6.45, 7) is 3.29. The monoisotopic (exact) mass is 249 g/mol. The average molecular weight is 249 g/mol. The third-order valence-corrected chi connectivity index (χ3v) is 3.09. The topological polar surface area (TPSA) is 76.4 Å². The molecule has 0 aliphatic carbocycles. The maximum absolute atomic E-state index is 12.1. The van der Waals surface area contributed by atoms with Crippen molar-refractivity contribution in [3.63, 3.8) is 0 Å². The molecule has 1 heterocycles. The van der Waals surface area contributed by atoms with E-state index in [0.29, 0.717) is 17.8 Å². The Morgan fingerprint density at radius 3 is 3.06 bits per heavy atom. The normalized spacial score (nSPS) is 18.7. The van der Waals surface area contributed by atoms with Crippen LogP contribution in [-0.2, 0) is 4.74 Å². The number of nitrogens with two attached hydrogens (primary N) is 1. The number of benzene rings is 1. The van der Waals surface area contributed by atoms with E-state index in [2.05, 4.69) is 10.7 Å². The molecule has 0 aromatic heterocycles. The molecule has 5 heteroatoms. The van der Waals surface area contributed by atoms with E-state index in [1.54, 1.807) is 6.07 Å². The standard InChI is InChI=1S/C13H19N3O2/c1-9-4-5-12(16-14)11(7-9)13(17)15-8-10-3-2-6-18-10/h4-5,7,10,16H,2-3,6,8,14H2,1H3,(H,15,17). The summed E-state index contributed by atoms with van der Waals surface area (Å²) in [5, 5.41) is 2.88. The van der Waals surface area contributed by atoms with Crippen molar-refractivity contribution in [1.29, 1.82) is 0 Å². The van der Waals surface area contributed by atoms with Crippen molar-refractivity contribution in [2.24, 2.45) is 5.84 Å². The van der Waals surface area contributed by atoms with Crippen molar-refractivity contribution in [2.75, 3.05) is 18.6 Å². The molecule has 1 saturated heterocycles. The summed E-state index contributed by atoms with van der Waals surface area (Å²) in [6.07, 6.45) is 2.23. The summed E-state index contributed by atoms with van der Waals surface area (Å²) in [4.78, 5) is 12.1. The van der Waals surface area contributed by atoms with Gasteiger partial charge >= 0.3 is 0 Å². The molecule has 98 valence electrons. The number of amides is 1. The number of anilines is 1. The minimum atomic E-state index is -0.123. The number of aryl methyl sites for hydroxylation is 1. The highest BCUT2D eigenvalue weighted by Gasteiger charge is 2.17. The highest BCUT2D eigenvalue weighted by atomic mass is 16.5. The van der Waals surface area contributed by atoms with E-state index in [4.69, 9.17) is 10.6 Å². The van der Waals surface area contributed by atoms with E-state index in [-0.39, 0.29) is 12.0 Å². The molecule has 0 spiro atoms. The Bertz CT molecular complexity index is 428. The summed E-state index contributed by atoms with van der Waals surface area (Å²) in [7, 11) is 0. The minimum absolute atomic E-state index is 0.123. The molecular formula is C13H19N3O2. The van der Waals surface area contributed by atoms with Crippen molar-refractivity contribution in [3.05, 3.63) is 29.3 Å². The SMILES string of the molecule is Cc1ccc(NN)c(C(=O)NCC2CCCO2)c1. The molecule has 1 aliphatic rings. The summed E-state index contributed by atoms with van der Waals surface area (Å²) in [5.74, 6) is 5.28. The van der Waals surface area contributed by atoms with E-state index >= 15 is 0 Å². The number of nitrogen functional groups attached to an aromatic ring is 1. The van der Waals surface area contributed by atoms with Crippen LogP contribution in [0.2, 0.25) is 0 Å². The summed E-state index contributed by atoms with van der Waals surface area (Å²) in [5.41, 5.74) is 4.76. The zero-order chi connectivity index (χ0) is 13.0. The van der Waals surface area contributed by atoms with Crippen LogP contribution in [0, 0.1) is 6.92 Å². The Morgan fingerprint density at radius 2 is 2.39 bits per heavy atom. The molecule has 5 nitrogen and oxygen atoms in total. The van der Waals surface area contributed by atoms with Crippen molar-refractivity contribution in [1.82, 2.24) is 5.32 Å². The van der Waals surface area contributed by atoms with Gasteiger partial charge in [0.25, 0.3) is 5.91 Å². The molecule has 1 aromatic rings. The van der Waals surface area contributed by atoms with Crippen LogP contribution in [0.4, 0.5) is 5.69 Å². The van der Waals surface area contributed by atoms with E-state index in [1.807, 2.05) is 19.1 Å². The molecule has 1 aromatic carbocycles. The fourth-order valence-corrected chi connectivity index (χ4v) is 2.08. The first kappa shape index (κ1) is 12.9. The maximum atomic E-state index is 12.1.